The summed E-state index contributed by atoms with van der Waals surface area (Å²) in [6.07, 6.45) is 1.89. The van der Waals surface area contributed by atoms with Crippen LogP contribution in [0.3, 0.4) is 0 Å². The highest BCUT2D eigenvalue weighted by Crippen LogP contribution is 2.28. The molecular weight excluding hydrogens is 384 g/mol. The van der Waals surface area contributed by atoms with Crippen molar-refractivity contribution in [2.45, 2.75) is 13.8 Å². The highest BCUT2D eigenvalue weighted by molar-refractivity contribution is 7.15. The molecule has 1 saturated heterocycles. The Bertz CT molecular complexity index is 971. The third kappa shape index (κ3) is 4.10. The highest BCUT2D eigenvalue weighted by atomic mass is 32.1. The van der Waals surface area contributed by atoms with Gasteiger partial charge in [0, 0.05) is 48.4 Å². The van der Waals surface area contributed by atoms with E-state index in [1.165, 1.54) is 4.88 Å². The summed E-state index contributed by atoms with van der Waals surface area (Å²) < 4.78 is 5.16. The molecular formula is C22H24N4O2S. The molecule has 1 fully saturated rings. The number of piperazine rings is 1. The lowest BCUT2D eigenvalue weighted by Gasteiger charge is -2.35. The van der Waals surface area contributed by atoms with Gasteiger partial charge in [0.15, 0.2) is 0 Å². The summed E-state index contributed by atoms with van der Waals surface area (Å²) in [5.41, 5.74) is 2.81. The molecule has 0 atom stereocenters. The Balaban J connectivity index is 1.38. The van der Waals surface area contributed by atoms with Crippen LogP contribution in [0, 0.1) is 13.8 Å². The van der Waals surface area contributed by atoms with Gasteiger partial charge in [0.05, 0.1) is 12.8 Å². The zero-order chi connectivity index (χ0) is 20.4. The van der Waals surface area contributed by atoms with Gasteiger partial charge < -0.3 is 14.5 Å². The van der Waals surface area contributed by atoms with Crippen LogP contribution in [0.4, 0.5) is 5.82 Å². The number of hydrogen-bond donors (Lipinski definition) is 0. The monoisotopic (exact) mass is 408 g/mol. The Kier molecular flexibility index (Phi) is 5.49. The number of pyridine rings is 1. The number of carbonyl (C=O) groups excluding carboxylic acids is 1. The van der Waals surface area contributed by atoms with Crippen molar-refractivity contribution in [3.05, 3.63) is 58.7 Å². The van der Waals surface area contributed by atoms with Gasteiger partial charge in [-0.2, -0.15) is 0 Å². The van der Waals surface area contributed by atoms with E-state index in [0.29, 0.717) is 18.7 Å². The minimum Gasteiger partial charge on any atom is -0.497 e. The second kappa shape index (κ2) is 8.21. The second-order valence-corrected chi connectivity index (χ2v) is 8.28. The van der Waals surface area contributed by atoms with Gasteiger partial charge in [0.25, 0.3) is 5.91 Å². The van der Waals surface area contributed by atoms with Crippen molar-refractivity contribution in [3.63, 3.8) is 0 Å². The molecule has 0 aliphatic carbocycles. The van der Waals surface area contributed by atoms with Crippen molar-refractivity contribution in [1.29, 1.82) is 0 Å². The third-order valence-electron chi connectivity index (χ3n) is 5.25. The van der Waals surface area contributed by atoms with Gasteiger partial charge in [0.1, 0.15) is 16.6 Å². The maximum Gasteiger partial charge on any atom is 0.253 e. The van der Waals surface area contributed by atoms with Gasteiger partial charge in [-0.3, -0.25) is 4.79 Å². The smallest absolute Gasteiger partial charge is 0.253 e. The van der Waals surface area contributed by atoms with Gasteiger partial charge in [-0.1, -0.05) is 0 Å². The van der Waals surface area contributed by atoms with E-state index in [0.717, 1.165) is 40.9 Å². The van der Waals surface area contributed by atoms with E-state index in [1.54, 1.807) is 18.4 Å². The van der Waals surface area contributed by atoms with Crippen molar-refractivity contribution in [2.24, 2.45) is 0 Å². The SMILES string of the molecule is COc1ccc(C(=O)N2CCN(c3ccc(-c4nc(C)c(C)s4)cn3)CC2)cc1. The van der Waals surface area contributed by atoms with E-state index in [2.05, 4.69) is 27.9 Å². The Morgan fingerprint density at radius 2 is 1.76 bits per heavy atom. The van der Waals surface area contributed by atoms with Crippen LogP contribution in [0.25, 0.3) is 10.6 Å². The fourth-order valence-electron chi connectivity index (χ4n) is 3.35. The van der Waals surface area contributed by atoms with Gasteiger partial charge in [-0.15, -0.1) is 11.3 Å². The number of benzene rings is 1. The normalized spacial score (nSPS) is 14.2. The quantitative estimate of drug-likeness (QED) is 0.657. The molecule has 0 bridgehead atoms. The predicted octanol–water partition coefficient (Wildman–Crippen LogP) is 3.79. The zero-order valence-electron chi connectivity index (χ0n) is 16.9. The van der Waals surface area contributed by atoms with Gasteiger partial charge >= 0.3 is 0 Å². The molecule has 1 amide bonds. The molecule has 1 aliphatic heterocycles. The number of anilines is 1. The van der Waals surface area contributed by atoms with Crippen LogP contribution in [0.5, 0.6) is 5.75 Å². The number of nitrogens with zero attached hydrogens (tertiary/aromatic N) is 4. The van der Waals surface area contributed by atoms with E-state index < -0.39 is 0 Å². The van der Waals surface area contributed by atoms with Crippen LogP contribution in [-0.2, 0) is 0 Å². The Morgan fingerprint density at radius 3 is 2.31 bits per heavy atom. The first-order chi connectivity index (χ1) is 14.0. The molecule has 0 saturated carbocycles. The van der Waals surface area contributed by atoms with Gasteiger partial charge in [-0.05, 0) is 50.2 Å². The van der Waals surface area contributed by atoms with Gasteiger partial charge in [0.2, 0.25) is 0 Å². The number of thiazole rings is 1. The molecule has 3 heterocycles. The summed E-state index contributed by atoms with van der Waals surface area (Å²) in [4.78, 5) is 27.3. The average Bonchev–Trinajstić information content (AvgIpc) is 3.12. The summed E-state index contributed by atoms with van der Waals surface area (Å²) >= 11 is 1.70. The number of aryl methyl sites for hydroxylation is 2. The van der Waals surface area contributed by atoms with E-state index in [9.17, 15) is 4.79 Å². The summed E-state index contributed by atoms with van der Waals surface area (Å²) in [6.45, 7) is 7.01. The molecule has 0 unspecified atom stereocenters. The minimum absolute atomic E-state index is 0.0603. The van der Waals surface area contributed by atoms with E-state index in [1.807, 2.05) is 48.4 Å². The number of aromatic nitrogens is 2. The van der Waals surface area contributed by atoms with Crippen molar-refractivity contribution < 1.29 is 9.53 Å². The molecule has 0 N–H and O–H groups in total. The Labute approximate surface area is 174 Å². The number of amides is 1. The lowest BCUT2D eigenvalue weighted by Crippen LogP contribution is -2.49. The van der Waals surface area contributed by atoms with Crippen molar-refractivity contribution in [2.75, 3.05) is 38.2 Å². The van der Waals surface area contributed by atoms with Crippen LogP contribution < -0.4 is 9.64 Å². The number of ether oxygens (including phenoxy) is 1. The fraction of sp³-hybridized carbons (Fsp3) is 0.318. The molecule has 6 nitrogen and oxygen atoms in total. The molecule has 0 spiro atoms. The Morgan fingerprint density at radius 1 is 1.03 bits per heavy atom. The molecule has 3 aromatic rings. The van der Waals surface area contributed by atoms with Crippen LogP contribution in [0.1, 0.15) is 20.9 Å². The van der Waals surface area contributed by atoms with Crippen molar-refractivity contribution >= 4 is 23.1 Å². The lowest BCUT2D eigenvalue weighted by molar-refractivity contribution is 0.0746. The maximum absolute atomic E-state index is 12.7. The van der Waals surface area contributed by atoms with Crippen LogP contribution >= 0.6 is 11.3 Å². The number of rotatable bonds is 4. The largest absolute Gasteiger partial charge is 0.497 e. The van der Waals surface area contributed by atoms with E-state index >= 15 is 0 Å². The highest BCUT2D eigenvalue weighted by Gasteiger charge is 2.23. The summed E-state index contributed by atoms with van der Waals surface area (Å²) in [6, 6.07) is 11.4. The first-order valence-corrected chi connectivity index (χ1v) is 10.5. The lowest BCUT2D eigenvalue weighted by atomic mass is 10.1. The zero-order valence-corrected chi connectivity index (χ0v) is 17.7. The Hall–Kier alpha value is -2.93. The molecule has 4 rings (SSSR count). The molecule has 7 heteroatoms. The minimum atomic E-state index is 0.0603. The number of carbonyl (C=O) groups is 1. The third-order valence-corrected chi connectivity index (χ3v) is 6.37. The number of methoxy groups -OCH3 is 1. The summed E-state index contributed by atoms with van der Waals surface area (Å²) in [7, 11) is 1.62. The van der Waals surface area contributed by atoms with Crippen LogP contribution in [0.15, 0.2) is 42.6 Å². The second-order valence-electron chi connectivity index (χ2n) is 7.07. The molecule has 150 valence electrons. The van der Waals surface area contributed by atoms with Crippen molar-refractivity contribution in [1.82, 2.24) is 14.9 Å². The van der Waals surface area contributed by atoms with Crippen LogP contribution in [0.2, 0.25) is 0 Å². The first-order valence-electron chi connectivity index (χ1n) is 9.64. The average molecular weight is 409 g/mol. The summed E-state index contributed by atoms with van der Waals surface area (Å²) in [5.74, 6) is 1.75. The molecule has 1 aromatic carbocycles. The first kappa shape index (κ1) is 19.4. The molecule has 2 aromatic heterocycles. The molecule has 0 radical (unpaired) electrons. The van der Waals surface area contributed by atoms with E-state index in [4.69, 9.17) is 4.74 Å². The standard InChI is InChI=1S/C22H24N4O2S/c1-15-16(2)29-21(24-15)18-6-9-20(23-14-18)25-10-12-26(13-11-25)22(27)17-4-7-19(28-3)8-5-17/h4-9,14H,10-13H2,1-3H3. The van der Waals surface area contributed by atoms with Crippen LogP contribution in [-0.4, -0.2) is 54.1 Å². The predicted molar refractivity (Wildman–Crippen MR) is 116 cm³/mol. The summed E-state index contributed by atoms with van der Waals surface area (Å²) in [5, 5.41) is 1.01. The topological polar surface area (TPSA) is 58.6 Å². The van der Waals surface area contributed by atoms with Gasteiger partial charge in [-0.25, -0.2) is 9.97 Å². The molecule has 1 aliphatic rings. The van der Waals surface area contributed by atoms with Crippen molar-refractivity contribution in [3.8, 4) is 16.3 Å². The fourth-order valence-corrected chi connectivity index (χ4v) is 4.26. The molecule has 29 heavy (non-hydrogen) atoms. The maximum atomic E-state index is 12.7. The van der Waals surface area contributed by atoms with E-state index in [-0.39, 0.29) is 5.91 Å². The number of hydrogen-bond acceptors (Lipinski definition) is 6.